The number of rotatable bonds is 2. The molecule has 0 heterocycles. The van der Waals surface area contributed by atoms with Crippen molar-refractivity contribution in [1.82, 2.24) is 0 Å². The first-order valence-electron chi connectivity index (χ1n) is 4.03. The maximum atomic E-state index is 13.0. The minimum absolute atomic E-state index is 0.289. The highest BCUT2D eigenvalue weighted by Crippen LogP contribution is 2.20. The standard InChI is InChI=1S/C9H9FINO2/c1-2-14-9(13)12-7-5-3-4-6(10)8(7)11/h3-5H,2H2,1H3,(H,12,13). The van der Waals surface area contributed by atoms with Crippen LogP contribution in [0.3, 0.4) is 0 Å². The van der Waals surface area contributed by atoms with Gasteiger partial charge in [-0.3, -0.25) is 5.32 Å². The Morgan fingerprint density at radius 1 is 1.64 bits per heavy atom. The fourth-order valence-electron chi connectivity index (χ4n) is 0.877. The van der Waals surface area contributed by atoms with Crippen LogP contribution < -0.4 is 5.32 Å². The number of amides is 1. The average molecular weight is 309 g/mol. The Balaban J connectivity index is 2.76. The monoisotopic (exact) mass is 309 g/mol. The van der Waals surface area contributed by atoms with Crippen LogP contribution in [0.25, 0.3) is 0 Å². The molecule has 1 aromatic rings. The molecule has 0 spiro atoms. The van der Waals surface area contributed by atoms with E-state index in [2.05, 4.69) is 10.1 Å². The van der Waals surface area contributed by atoms with Crippen molar-refractivity contribution in [2.45, 2.75) is 6.92 Å². The minimum Gasteiger partial charge on any atom is -0.450 e. The second-order valence-corrected chi connectivity index (χ2v) is 3.53. The van der Waals surface area contributed by atoms with Crippen LogP contribution in [0.2, 0.25) is 0 Å². The highest BCUT2D eigenvalue weighted by atomic mass is 127. The van der Waals surface area contributed by atoms with Crippen LogP contribution in [0.15, 0.2) is 18.2 Å². The second kappa shape index (κ2) is 5.14. The van der Waals surface area contributed by atoms with Crippen LogP contribution in [-0.4, -0.2) is 12.7 Å². The second-order valence-electron chi connectivity index (χ2n) is 2.45. The van der Waals surface area contributed by atoms with E-state index in [1.807, 2.05) is 22.6 Å². The third kappa shape index (κ3) is 2.83. The number of halogens is 2. The highest BCUT2D eigenvalue weighted by molar-refractivity contribution is 14.1. The molecule has 0 aliphatic heterocycles. The predicted molar refractivity (Wildman–Crippen MR) is 59.8 cm³/mol. The smallest absolute Gasteiger partial charge is 0.411 e. The van der Waals surface area contributed by atoms with Gasteiger partial charge in [-0.2, -0.15) is 0 Å². The topological polar surface area (TPSA) is 38.3 Å². The molecule has 0 aliphatic carbocycles. The maximum Gasteiger partial charge on any atom is 0.411 e. The van der Waals surface area contributed by atoms with Crippen molar-refractivity contribution in [3.63, 3.8) is 0 Å². The Labute approximate surface area is 94.8 Å². The molecule has 0 saturated carbocycles. The summed E-state index contributed by atoms with van der Waals surface area (Å²) in [5, 5.41) is 2.44. The Kier molecular flexibility index (Phi) is 4.12. The van der Waals surface area contributed by atoms with Gasteiger partial charge in [0.1, 0.15) is 5.82 Å². The van der Waals surface area contributed by atoms with Crippen LogP contribution in [0, 0.1) is 9.39 Å². The lowest BCUT2D eigenvalue weighted by Crippen LogP contribution is -2.14. The molecule has 1 rings (SSSR count). The number of ether oxygens (including phenoxy) is 1. The number of carbonyl (C=O) groups excluding carboxylic acids is 1. The summed E-state index contributed by atoms with van der Waals surface area (Å²) in [7, 11) is 0. The summed E-state index contributed by atoms with van der Waals surface area (Å²) in [4.78, 5) is 11.0. The summed E-state index contributed by atoms with van der Waals surface area (Å²) in [5.41, 5.74) is 0.420. The summed E-state index contributed by atoms with van der Waals surface area (Å²) in [6.07, 6.45) is -0.573. The molecule has 0 aromatic heterocycles. The van der Waals surface area contributed by atoms with E-state index in [-0.39, 0.29) is 12.4 Å². The van der Waals surface area contributed by atoms with E-state index in [0.29, 0.717) is 9.26 Å². The quantitative estimate of drug-likeness (QED) is 0.853. The van der Waals surface area contributed by atoms with Gasteiger partial charge in [0.25, 0.3) is 0 Å². The number of hydrogen-bond acceptors (Lipinski definition) is 2. The van der Waals surface area contributed by atoms with Gasteiger partial charge in [-0.05, 0) is 41.6 Å². The lowest BCUT2D eigenvalue weighted by molar-refractivity contribution is 0.168. The number of nitrogens with one attached hydrogen (secondary N) is 1. The van der Waals surface area contributed by atoms with Gasteiger partial charge in [-0.15, -0.1) is 0 Å². The Bertz CT molecular complexity index is 344. The molecule has 0 saturated heterocycles. The predicted octanol–water partition coefficient (Wildman–Crippen LogP) is 3.00. The van der Waals surface area contributed by atoms with Crippen molar-refractivity contribution in [3.05, 3.63) is 27.6 Å². The SMILES string of the molecule is CCOC(=O)Nc1cccc(F)c1I. The first-order valence-corrected chi connectivity index (χ1v) is 5.10. The zero-order valence-corrected chi connectivity index (χ0v) is 9.67. The van der Waals surface area contributed by atoms with Gasteiger partial charge in [-0.25, -0.2) is 9.18 Å². The van der Waals surface area contributed by atoms with Gasteiger partial charge in [0, 0.05) is 0 Å². The molecule has 1 N–H and O–H groups in total. The van der Waals surface area contributed by atoms with Crippen molar-refractivity contribution < 1.29 is 13.9 Å². The van der Waals surface area contributed by atoms with Crippen LogP contribution in [0.1, 0.15) is 6.92 Å². The van der Waals surface area contributed by atoms with Crippen molar-refractivity contribution >= 4 is 34.4 Å². The van der Waals surface area contributed by atoms with E-state index in [0.717, 1.165) is 0 Å². The van der Waals surface area contributed by atoms with Crippen molar-refractivity contribution in [2.75, 3.05) is 11.9 Å². The molecule has 0 atom stereocenters. The Morgan fingerprint density at radius 2 is 2.36 bits per heavy atom. The lowest BCUT2D eigenvalue weighted by Gasteiger charge is -2.07. The van der Waals surface area contributed by atoms with E-state index < -0.39 is 6.09 Å². The van der Waals surface area contributed by atoms with Gasteiger partial charge in [0.2, 0.25) is 0 Å². The third-order valence-corrected chi connectivity index (χ3v) is 2.56. The molecule has 76 valence electrons. The summed E-state index contributed by atoms with van der Waals surface area (Å²) < 4.78 is 18.1. The average Bonchev–Trinajstić information content (AvgIpc) is 2.13. The van der Waals surface area contributed by atoms with Gasteiger partial charge >= 0.3 is 6.09 Å². The highest BCUT2D eigenvalue weighted by Gasteiger charge is 2.08. The first kappa shape index (κ1) is 11.2. The van der Waals surface area contributed by atoms with Gasteiger partial charge in [0.05, 0.1) is 15.9 Å². The lowest BCUT2D eigenvalue weighted by atomic mass is 10.3. The molecule has 1 aromatic carbocycles. The zero-order valence-electron chi connectivity index (χ0n) is 7.51. The molecule has 0 fully saturated rings. The van der Waals surface area contributed by atoms with E-state index in [1.165, 1.54) is 12.1 Å². The van der Waals surface area contributed by atoms with Crippen molar-refractivity contribution in [2.24, 2.45) is 0 Å². The number of hydrogen-bond donors (Lipinski definition) is 1. The van der Waals surface area contributed by atoms with E-state index in [4.69, 9.17) is 0 Å². The van der Waals surface area contributed by atoms with Crippen molar-refractivity contribution in [3.8, 4) is 0 Å². The van der Waals surface area contributed by atoms with Gasteiger partial charge in [0.15, 0.2) is 0 Å². The van der Waals surface area contributed by atoms with E-state index >= 15 is 0 Å². The molecule has 0 unspecified atom stereocenters. The number of carbonyl (C=O) groups is 1. The third-order valence-electron chi connectivity index (χ3n) is 1.46. The first-order chi connectivity index (χ1) is 6.65. The zero-order chi connectivity index (χ0) is 10.6. The molecule has 1 amide bonds. The summed E-state index contributed by atoms with van der Waals surface area (Å²) in [6.45, 7) is 1.99. The molecule has 5 heteroatoms. The van der Waals surface area contributed by atoms with Crippen LogP contribution in [0.5, 0.6) is 0 Å². The molecule has 0 bridgehead atoms. The van der Waals surface area contributed by atoms with Crippen LogP contribution in [0.4, 0.5) is 14.9 Å². The number of benzene rings is 1. The van der Waals surface area contributed by atoms with Crippen LogP contribution >= 0.6 is 22.6 Å². The molecule has 0 radical (unpaired) electrons. The summed E-state index contributed by atoms with van der Waals surface area (Å²) in [5.74, 6) is -0.361. The van der Waals surface area contributed by atoms with Gasteiger partial charge in [-0.1, -0.05) is 6.07 Å². The fourth-order valence-corrected chi connectivity index (χ4v) is 1.37. The maximum absolute atomic E-state index is 13.0. The molecule has 3 nitrogen and oxygen atoms in total. The molecular weight excluding hydrogens is 300 g/mol. The van der Waals surface area contributed by atoms with Crippen LogP contribution in [-0.2, 0) is 4.74 Å². The Morgan fingerprint density at radius 3 is 3.00 bits per heavy atom. The Hall–Kier alpha value is -0.850. The molecule has 0 aliphatic rings. The molecule has 14 heavy (non-hydrogen) atoms. The van der Waals surface area contributed by atoms with E-state index in [1.54, 1.807) is 13.0 Å². The largest absolute Gasteiger partial charge is 0.450 e. The van der Waals surface area contributed by atoms with Crippen molar-refractivity contribution in [1.29, 1.82) is 0 Å². The molecular formula is C9H9FINO2. The summed E-state index contributed by atoms with van der Waals surface area (Å²) >= 11 is 1.82. The fraction of sp³-hybridized carbons (Fsp3) is 0.222. The van der Waals surface area contributed by atoms with Gasteiger partial charge < -0.3 is 4.74 Å². The summed E-state index contributed by atoms with van der Waals surface area (Å²) in [6, 6.07) is 4.47. The minimum atomic E-state index is -0.573. The van der Waals surface area contributed by atoms with E-state index in [9.17, 15) is 9.18 Å². The number of anilines is 1. The normalized spacial score (nSPS) is 9.64.